The number of aliphatic hydroxyl groups excluding tert-OH is 1. The van der Waals surface area contributed by atoms with Gasteiger partial charge in [0.1, 0.15) is 11.5 Å². The fourth-order valence-corrected chi connectivity index (χ4v) is 2.64. The van der Waals surface area contributed by atoms with E-state index < -0.39 is 5.54 Å². The molecule has 0 saturated heterocycles. The first kappa shape index (κ1) is 20.8. The third-order valence-corrected chi connectivity index (χ3v) is 4.16. The molecule has 1 unspecified atom stereocenters. The van der Waals surface area contributed by atoms with Crippen LogP contribution in [0.2, 0.25) is 5.02 Å². The number of nitrogens with two attached hydrogens (primary N) is 1. The van der Waals surface area contributed by atoms with Crippen molar-refractivity contribution >= 4 is 24.0 Å². The van der Waals surface area contributed by atoms with Crippen LogP contribution in [-0.2, 0) is 6.42 Å². The molecule has 0 aliphatic heterocycles. The van der Waals surface area contributed by atoms with Crippen LogP contribution in [0.1, 0.15) is 30.9 Å². The zero-order valence-electron chi connectivity index (χ0n) is 14.1. The summed E-state index contributed by atoms with van der Waals surface area (Å²) in [6.45, 7) is 3.87. The van der Waals surface area contributed by atoms with Gasteiger partial charge in [0.05, 0.1) is 6.61 Å². The Hall–Kier alpha value is -1.26. The van der Waals surface area contributed by atoms with E-state index in [1.54, 1.807) is 0 Å². The number of ether oxygens (including phenoxy) is 1. The second-order valence-electron chi connectivity index (χ2n) is 6.34. The number of halogens is 2. The van der Waals surface area contributed by atoms with Crippen LogP contribution in [0, 0.1) is 6.92 Å². The summed E-state index contributed by atoms with van der Waals surface area (Å²) in [5.41, 5.74) is 7.63. The fraction of sp³-hybridized carbons (Fsp3) is 0.368. The van der Waals surface area contributed by atoms with Gasteiger partial charge in [-0.1, -0.05) is 29.8 Å². The summed E-state index contributed by atoms with van der Waals surface area (Å²) in [5.74, 6) is 1.53. The van der Waals surface area contributed by atoms with E-state index in [-0.39, 0.29) is 19.0 Å². The Morgan fingerprint density at radius 1 is 1.17 bits per heavy atom. The zero-order chi connectivity index (χ0) is 16.9. The van der Waals surface area contributed by atoms with Gasteiger partial charge in [-0.25, -0.2) is 0 Å². The largest absolute Gasteiger partial charge is 0.457 e. The number of hydrogen-bond acceptors (Lipinski definition) is 3. The topological polar surface area (TPSA) is 55.5 Å². The van der Waals surface area contributed by atoms with E-state index in [9.17, 15) is 5.11 Å². The van der Waals surface area contributed by atoms with Gasteiger partial charge in [0.2, 0.25) is 0 Å². The van der Waals surface area contributed by atoms with Gasteiger partial charge >= 0.3 is 0 Å². The minimum atomic E-state index is -0.527. The molecule has 0 bridgehead atoms. The summed E-state index contributed by atoms with van der Waals surface area (Å²) < 4.78 is 5.83. The summed E-state index contributed by atoms with van der Waals surface area (Å²) in [5, 5.41) is 9.87. The molecule has 2 aromatic rings. The van der Waals surface area contributed by atoms with Gasteiger partial charge in [0, 0.05) is 10.6 Å². The first-order valence-corrected chi connectivity index (χ1v) is 8.20. The van der Waals surface area contributed by atoms with E-state index in [1.165, 1.54) is 0 Å². The minimum Gasteiger partial charge on any atom is -0.457 e. The molecule has 132 valence electrons. The molecule has 2 rings (SSSR count). The maximum atomic E-state index is 9.17. The average molecular weight is 370 g/mol. The Morgan fingerprint density at radius 3 is 2.50 bits per heavy atom. The van der Waals surface area contributed by atoms with Crippen molar-refractivity contribution in [1.82, 2.24) is 0 Å². The lowest BCUT2D eigenvalue weighted by Crippen LogP contribution is -2.40. The summed E-state index contributed by atoms with van der Waals surface area (Å²) in [6.07, 6.45) is 2.46. The lowest BCUT2D eigenvalue weighted by molar-refractivity contribution is 0.198. The van der Waals surface area contributed by atoms with Crippen molar-refractivity contribution in [3.8, 4) is 11.5 Å². The second-order valence-corrected chi connectivity index (χ2v) is 6.74. The predicted molar refractivity (Wildman–Crippen MR) is 103 cm³/mol. The molecule has 0 amide bonds. The standard InChI is InChI=1S/C19H24ClNO2.ClH/c1-14-5-3-7-16(11-14)23-17-9-8-15(18(20)12-17)6-4-10-19(2,21)13-22;/h3,5,7-9,11-12,22H,4,6,10,13,21H2,1-2H3;1H. The quantitative estimate of drug-likeness (QED) is 0.729. The minimum absolute atomic E-state index is 0. The van der Waals surface area contributed by atoms with Crippen LogP contribution in [0.15, 0.2) is 42.5 Å². The van der Waals surface area contributed by atoms with Gasteiger partial charge in [-0.15, -0.1) is 12.4 Å². The van der Waals surface area contributed by atoms with Crippen LogP contribution < -0.4 is 10.5 Å². The summed E-state index contributed by atoms with van der Waals surface area (Å²) in [4.78, 5) is 0. The molecule has 0 saturated carbocycles. The van der Waals surface area contributed by atoms with Gasteiger partial charge in [0.15, 0.2) is 0 Å². The number of rotatable bonds is 7. The van der Waals surface area contributed by atoms with E-state index in [0.717, 1.165) is 41.9 Å². The number of aliphatic hydroxyl groups is 1. The first-order chi connectivity index (χ1) is 10.9. The van der Waals surface area contributed by atoms with Crippen LogP contribution in [0.4, 0.5) is 0 Å². The van der Waals surface area contributed by atoms with Crippen molar-refractivity contribution < 1.29 is 9.84 Å². The molecule has 0 aromatic heterocycles. The molecule has 0 aliphatic carbocycles. The third kappa shape index (κ3) is 6.33. The molecule has 5 heteroatoms. The molecule has 3 nitrogen and oxygen atoms in total. The van der Waals surface area contributed by atoms with Crippen molar-refractivity contribution in [2.24, 2.45) is 5.73 Å². The third-order valence-electron chi connectivity index (χ3n) is 3.80. The Bertz CT molecular complexity index is 660. The Labute approximate surface area is 155 Å². The van der Waals surface area contributed by atoms with Gasteiger partial charge in [-0.3, -0.25) is 0 Å². The van der Waals surface area contributed by atoms with E-state index >= 15 is 0 Å². The normalized spacial score (nSPS) is 13.0. The Morgan fingerprint density at radius 2 is 1.88 bits per heavy atom. The average Bonchev–Trinajstić information content (AvgIpc) is 2.49. The Balaban J connectivity index is 0.00000288. The maximum absolute atomic E-state index is 9.17. The van der Waals surface area contributed by atoms with Gasteiger partial charge in [-0.05, 0) is 68.5 Å². The van der Waals surface area contributed by atoms with Crippen LogP contribution in [0.5, 0.6) is 11.5 Å². The monoisotopic (exact) mass is 369 g/mol. The number of hydrogen-bond donors (Lipinski definition) is 2. The number of aryl methyl sites for hydroxylation is 2. The van der Waals surface area contributed by atoms with E-state index in [1.807, 2.05) is 56.3 Å². The highest BCUT2D eigenvalue weighted by Gasteiger charge is 2.16. The summed E-state index contributed by atoms with van der Waals surface area (Å²) >= 11 is 6.35. The number of benzene rings is 2. The lowest BCUT2D eigenvalue weighted by atomic mass is 9.95. The first-order valence-electron chi connectivity index (χ1n) is 7.82. The highest BCUT2D eigenvalue weighted by Crippen LogP contribution is 2.28. The molecular formula is C19H25Cl2NO2. The van der Waals surface area contributed by atoms with Crippen LogP contribution >= 0.6 is 24.0 Å². The predicted octanol–water partition coefficient (Wildman–Crippen LogP) is 4.89. The molecule has 0 aliphatic rings. The van der Waals surface area contributed by atoms with Crippen molar-refractivity contribution in [3.05, 3.63) is 58.6 Å². The van der Waals surface area contributed by atoms with Gasteiger partial charge in [-0.2, -0.15) is 0 Å². The smallest absolute Gasteiger partial charge is 0.128 e. The summed E-state index contributed by atoms with van der Waals surface area (Å²) in [7, 11) is 0. The molecular weight excluding hydrogens is 345 g/mol. The van der Waals surface area contributed by atoms with E-state index in [2.05, 4.69) is 0 Å². The Kier molecular flexibility index (Phi) is 8.04. The molecule has 3 N–H and O–H groups in total. The molecule has 24 heavy (non-hydrogen) atoms. The molecule has 0 heterocycles. The van der Waals surface area contributed by atoms with Gasteiger partial charge < -0.3 is 15.6 Å². The zero-order valence-corrected chi connectivity index (χ0v) is 15.7. The van der Waals surface area contributed by atoms with Crippen LogP contribution in [0.25, 0.3) is 0 Å². The highest BCUT2D eigenvalue weighted by atomic mass is 35.5. The van der Waals surface area contributed by atoms with Crippen molar-refractivity contribution in [3.63, 3.8) is 0 Å². The maximum Gasteiger partial charge on any atom is 0.128 e. The molecule has 0 spiro atoms. The molecule has 0 fully saturated rings. The molecule has 2 aromatic carbocycles. The van der Waals surface area contributed by atoms with Crippen molar-refractivity contribution in [2.45, 2.75) is 38.6 Å². The fourth-order valence-electron chi connectivity index (χ4n) is 2.37. The highest BCUT2D eigenvalue weighted by molar-refractivity contribution is 6.31. The van der Waals surface area contributed by atoms with Crippen LogP contribution in [0.3, 0.4) is 0 Å². The van der Waals surface area contributed by atoms with E-state index in [4.69, 9.17) is 22.1 Å². The van der Waals surface area contributed by atoms with Crippen molar-refractivity contribution in [1.29, 1.82) is 0 Å². The second kappa shape index (κ2) is 9.28. The lowest BCUT2D eigenvalue weighted by Gasteiger charge is -2.21. The SMILES string of the molecule is Cc1cccc(Oc2ccc(CCCC(C)(N)CO)c(Cl)c2)c1.Cl. The van der Waals surface area contributed by atoms with E-state index in [0.29, 0.717) is 5.02 Å². The molecule has 1 atom stereocenters. The summed E-state index contributed by atoms with van der Waals surface area (Å²) in [6, 6.07) is 13.7. The molecule has 0 radical (unpaired) electrons. The van der Waals surface area contributed by atoms with Crippen molar-refractivity contribution in [2.75, 3.05) is 6.61 Å². The van der Waals surface area contributed by atoms with Crippen LogP contribution in [-0.4, -0.2) is 17.3 Å². The van der Waals surface area contributed by atoms with Gasteiger partial charge in [0.25, 0.3) is 0 Å².